The van der Waals surface area contributed by atoms with Gasteiger partial charge in [-0.25, -0.2) is 0 Å². The Morgan fingerprint density at radius 3 is 2.58 bits per heavy atom. The van der Waals surface area contributed by atoms with Crippen molar-refractivity contribution in [2.45, 2.75) is 32.1 Å². The Bertz CT molecular complexity index is 858. The summed E-state index contributed by atoms with van der Waals surface area (Å²) >= 11 is 0. The van der Waals surface area contributed by atoms with Crippen molar-refractivity contribution in [1.29, 1.82) is 5.26 Å². The summed E-state index contributed by atoms with van der Waals surface area (Å²) in [6, 6.07) is 11.5. The van der Waals surface area contributed by atoms with Crippen molar-refractivity contribution < 1.29 is 9.59 Å². The van der Waals surface area contributed by atoms with Crippen LogP contribution >= 0.6 is 0 Å². The molecule has 4 nitrogen and oxygen atoms in total. The van der Waals surface area contributed by atoms with Crippen LogP contribution in [0.5, 0.6) is 0 Å². The van der Waals surface area contributed by atoms with Gasteiger partial charge < -0.3 is 4.90 Å². The van der Waals surface area contributed by atoms with Crippen LogP contribution in [0, 0.1) is 35.0 Å². The number of allylic oxidation sites excluding steroid dienone is 1. The molecule has 0 spiro atoms. The second-order valence-electron chi connectivity index (χ2n) is 7.10. The highest BCUT2D eigenvalue weighted by molar-refractivity contribution is 6.07. The number of rotatable bonds is 3. The third-order valence-corrected chi connectivity index (χ3v) is 6.24. The molecule has 1 fully saturated rings. The SMILES string of the molecule is C#CC[C@@]12CCN(CC)C(=O)[C@]1(c1ccccc1)C=C(C#N)C(=O)[C@@H]2C. The molecule has 0 aromatic heterocycles. The van der Waals surface area contributed by atoms with Gasteiger partial charge in [0.2, 0.25) is 5.91 Å². The monoisotopic (exact) mass is 346 g/mol. The molecule has 1 aliphatic heterocycles. The van der Waals surface area contributed by atoms with Crippen molar-refractivity contribution in [3.05, 3.63) is 47.5 Å². The standard InChI is InChI=1S/C22H22N2O2/c1-4-11-21-12-13-24(5-2)20(26)22(21,18-9-7-6-8-10-18)14-17(15-23)19(25)16(21)3/h1,6-10,14,16H,5,11-13H2,2-3H3/t16-,21-,22+/m0/s1. The minimum Gasteiger partial charge on any atom is -0.342 e. The number of nitriles is 1. The van der Waals surface area contributed by atoms with E-state index in [1.807, 2.05) is 50.2 Å². The number of carbonyl (C=O) groups excluding carboxylic acids is 2. The quantitative estimate of drug-likeness (QED) is 0.791. The van der Waals surface area contributed by atoms with Crippen LogP contribution in [0.3, 0.4) is 0 Å². The molecule has 1 aromatic rings. The summed E-state index contributed by atoms with van der Waals surface area (Å²) in [6.07, 6.45) is 8.26. The Hall–Kier alpha value is -2.85. The van der Waals surface area contributed by atoms with Crippen molar-refractivity contribution in [2.24, 2.45) is 11.3 Å². The van der Waals surface area contributed by atoms with E-state index in [2.05, 4.69) is 5.92 Å². The van der Waals surface area contributed by atoms with Gasteiger partial charge in [0.1, 0.15) is 11.5 Å². The molecule has 0 unspecified atom stereocenters. The van der Waals surface area contributed by atoms with E-state index in [9.17, 15) is 14.9 Å². The highest BCUT2D eigenvalue weighted by atomic mass is 16.2. The van der Waals surface area contributed by atoms with E-state index in [0.29, 0.717) is 25.9 Å². The Kier molecular flexibility index (Phi) is 4.46. The largest absolute Gasteiger partial charge is 0.342 e. The summed E-state index contributed by atoms with van der Waals surface area (Å²) in [6.45, 7) is 4.91. The summed E-state index contributed by atoms with van der Waals surface area (Å²) in [4.78, 5) is 28.3. The van der Waals surface area contributed by atoms with E-state index in [1.54, 1.807) is 11.0 Å². The maximum Gasteiger partial charge on any atom is 0.237 e. The molecular weight excluding hydrogens is 324 g/mol. The number of amides is 1. The fourth-order valence-corrected chi connectivity index (χ4v) is 4.78. The average molecular weight is 346 g/mol. The molecule has 1 amide bonds. The summed E-state index contributed by atoms with van der Waals surface area (Å²) in [7, 11) is 0. The molecule has 26 heavy (non-hydrogen) atoms. The van der Waals surface area contributed by atoms with E-state index in [1.165, 1.54) is 0 Å². The number of carbonyl (C=O) groups is 2. The molecule has 0 N–H and O–H groups in total. The normalized spacial score (nSPS) is 30.8. The number of hydrogen-bond acceptors (Lipinski definition) is 3. The number of ketones is 1. The van der Waals surface area contributed by atoms with Gasteiger partial charge in [-0.3, -0.25) is 9.59 Å². The molecule has 3 atom stereocenters. The number of likely N-dealkylation sites (tertiary alicyclic amines) is 1. The van der Waals surface area contributed by atoms with E-state index >= 15 is 0 Å². The maximum atomic E-state index is 13.7. The second-order valence-corrected chi connectivity index (χ2v) is 7.10. The van der Waals surface area contributed by atoms with Gasteiger partial charge in [-0.15, -0.1) is 12.3 Å². The lowest BCUT2D eigenvalue weighted by molar-refractivity contribution is -0.153. The van der Waals surface area contributed by atoms with E-state index in [4.69, 9.17) is 6.42 Å². The highest BCUT2D eigenvalue weighted by Gasteiger charge is 2.65. The Labute approximate surface area is 154 Å². The van der Waals surface area contributed by atoms with Gasteiger partial charge in [0.05, 0.1) is 5.57 Å². The number of fused-ring (bicyclic) bond motifs is 1. The smallest absolute Gasteiger partial charge is 0.237 e. The van der Waals surface area contributed by atoms with Crippen LogP contribution in [-0.4, -0.2) is 29.7 Å². The Balaban J connectivity index is 2.42. The summed E-state index contributed by atoms with van der Waals surface area (Å²) in [5.41, 5.74) is -0.956. The first kappa shape index (κ1) is 18.0. The lowest BCUT2D eigenvalue weighted by atomic mass is 9.46. The molecular formula is C22H22N2O2. The third-order valence-electron chi connectivity index (χ3n) is 6.24. The fraction of sp³-hybridized carbons (Fsp3) is 0.409. The molecule has 3 rings (SSSR count). The van der Waals surface area contributed by atoms with Crippen molar-refractivity contribution in [3.8, 4) is 18.4 Å². The predicted octanol–water partition coefficient (Wildman–Crippen LogP) is 2.86. The first-order valence-corrected chi connectivity index (χ1v) is 8.94. The molecule has 0 saturated carbocycles. The summed E-state index contributed by atoms with van der Waals surface area (Å²) in [5, 5.41) is 9.55. The molecule has 2 aliphatic rings. The van der Waals surface area contributed by atoms with Gasteiger partial charge >= 0.3 is 0 Å². The minimum atomic E-state index is -1.09. The minimum absolute atomic E-state index is 0.0558. The summed E-state index contributed by atoms with van der Waals surface area (Å²) < 4.78 is 0. The number of benzene rings is 1. The van der Waals surface area contributed by atoms with Gasteiger partial charge in [0.25, 0.3) is 0 Å². The maximum absolute atomic E-state index is 13.7. The predicted molar refractivity (Wildman–Crippen MR) is 98.7 cm³/mol. The van der Waals surface area contributed by atoms with Gasteiger partial charge in [-0.1, -0.05) is 37.3 Å². The number of Topliss-reactive ketones (excluding diaryl/α,β-unsaturated/α-hetero) is 1. The molecule has 1 aliphatic carbocycles. The van der Waals surface area contributed by atoms with Crippen LogP contribution in [0.2, 0.25) is 0 Å². The number of terminal acetylenes is 1. The molecule has 1 saturated heterocycles. The van der Waals surface area contributed by atoms with E-state index in [0.717, 1.165) is 5.56 Å². The third kappa shape index (κ3) is 2.15. The fourth-order valence-electron chi connectivity index (χ4n) is 4.78. The van der Waals surface area contributed by atoms with Crippen molar-refractivity contribution in [2.75, 3.05) is 13.1 Å². The Morgan fingerprint density at radius 1 is 1.31 bits per heavy atom. The van der Waals surface area contributed by atoms with Crippen molar-refractivity contribution in [1.82, 2.24) is 4.90 Å². The first-order chi connectivity index (χ1) is 12.5. The number of hydrogen-bond donors (Lipinski definition) is 0. The van der Waals surface area contributed by atoms with Crippen molar-refractivity contribution >= 4 is 11.7 Å². The topological polar surface area (TPSA) is 61.2 Å². The molecule has 1 heterocycles. The molecule has 0 radical (unpaired) electrons. The van der Waals surface area contributed by atoms with Crippen LogP contribution in [0.25, 0.3) is 0 Å². The van der Waals surface area contributed by atoms with Gasteiger partial charge in [0, 0.05) is 30.8 Å². The van der Waals surface area contributed by atoms with E-state index < -0.39 is 16.7 Å². The van der Waals surface area contributed by atoms with E-state index in [-0.39, 0.29) is 17.3 Å². The van der Waals surface area contributed by atoms with Crippen LogP contribution < -0.4 is 0 Å². The van der Waals surface area contributed by atoms with Crippen LogP contribution in [0.4, 0.5) is 0 Å². The van der Waals surface area contributed by atoms with Gasteiger partial charge in [0.15, 0.2) is 5.78 Å². The number of nitrogens with zero attached hydrogens (tertiary/aromatic N) is 2. The zero-order chi connectivity index (χ0) is 18.9. The lowest BCUT2D eigenvalue weighted by Gasteiger charge is -2.57. The number of piperidine rings is 1. The van der Waals surface area contributed by atoms with Gasteiger partial charge in [-0.2, -0.15) is 5.26 Å². The number of likely N-dealkylation sites (N-methyl/N-ethyl adjacent to an activating group) is 1. The zero-order valence-corrected chi connectivity index (χ0v) is 15.2. The van der Waals surface area contributed by atoms with Gasteiger partial charge in [-0.05, 0) is 25.0 Å². The first-order valence-electron chi connectivity index (χ1n) is 8.94. The average Bonchev–Trinajstić information content (AvgIpc) is 2.67. The molecule has 132 valence electrons. The zero-order valence-electron chi connectivity index (χ0n) is 15.2. The Morgan fingerprint density at radius 2 is 2.00 bits per heavy atom. The van der Waals surface area contributed by atoms with Crippen molar-refractivity contribution in [3.63, 3.8) is 0 Å². The highest BCUT2D eigenvalue weighted by Crippen LogP contribution is 2.59. The second kappa shape index (κ2) is 6.46. The molecule has 4 heteroatoms. The van der Waals surface area contributed by atoms with Crippen LogP contribution in [-0.2, 0) is 15.0 Å². The molecule has 1 aromatic carbocycles. The molecule has 0 bridgehead atoms. The summed E-state index contributed by atoms with van der Waals surface area (Å²) in [5.74, 6) is 1.94. The van der Waals surface area contributed by atoms with Crippen LogP contribution in [0.15, 0.2) is 42.0 Å². The lowest BCUT2D eigenvalue weighted by Crippen LogP contribution is -2.66. The van der Waals surface area contributed by atoms with Crippen LogP contribution in [0.1, 0.15) is 32.3 Å².